The van der Waals surface area contributed by atoms with Crippen molar-refractivity contribution in [2.45, 2.75) is 46.1 Å². The summed E-state index contributed by atoms with van der Waals surface area (Å²) in [7, 11) is 0. The number of ether oxygens (including phenoxy) is 1. The average molecular weight is 371 g/mol. The van der Waals surface area contributed by atoms with E-state index in [-0.39, 0.29) is 13.5 Å². The second-order valence-electron chi connectivity index (χ2n) is 7.75. The predicted octanol–water partition coefficient (Wildman–Crippen LogP) is 4.37. The molecular weight excluding hydrogens is 340 g/mol. The van der Waals surface area contributed by atoms with Crippen LogP contribution in [0, 0.1) is 19.8 Å². The zero-order valence-electron chi connectivity index (χ0n) is 16.1. The number of aryl methyl sites for hydroxylation is 2. The second kappa shape index (κ2) is 8.01. The Hall–Kier alpha value is -1.52. The van der Waals surface area contributed by atoms with Gasteiger partial charge < -0.3 is 4.74 Å². The molecule has 2 atom stereocenters. The van der Waals surface area contributed by atoms with E-state index in [0.29, 0.717) is 6.04 Å². The molecule has 1 saturated heterocycles. The summed E-state index contributed by atoms with van der Waals surface area (Å²) in [5.74, 6) is 1.84. The minimum absolute atomic E-state index is 0. The summed E-state index contributed by atoms with van der Waals surface area (Å²) in [6, 6.07) is 11.8. The summed E-state index contributed by atoms with van der Waals surface area (Å²) in [6.07, 6.45) is 3.51. The van der Waals surface area contributed by atoms with Crippen LogP contribution >= 0.6 is 13.5 Å². The SMILES string of the molecule is Cc1cc(C[C@H]2CCN(C(C)c3ccc4c(c3)OCC4)C2)cc(C)n1.S. The van der Waals surface area contributed by atoms with Crippen molar-refractivity contribution in [2.75, 3.05) is 19.7 Å². The minimum atomic E-state index is 0. The molecular formula is C22H30N2OS. The van der Waals surface area contributed by atoms with Crippen LogP contribution in [0.2, 0.25) is 0 Å². The van der Waals surface area contributed by atoms with Gasteiger partial charge in [0, 0.05) is 30.4 Å². The first-order valence-corrected chi connectivity index (χ1v) is 9.52. The van der Waals surface area contributed by atoms with Gasteiger partial charge in [0.2, 0.25) is 0 Å². The largest absolute Gasteiger partial charge is 0.493 e. The van der Waals surface area contributed by atoms with Crippen molar-refractivity contribution in [1.29, 1.82) is 0 Å². The zero-order valence-corrected chi connectivity index (χ0v) is 17.1. The van der Waals surface area contributed by atoms with Gasteiger partial charge in [-0.15, -0.1) is 0 Å². The van der Waals surface area contributed by atoms with Gasteiger partial charge in [0.15, 0.2) is 0 Å². The van der Waals surface area contributed by atoms with Crippen molar-refractivity contribution in [3.63, 3.8) is 0 Å². The maximum atomic E-state index is 5.75. The van der Waals surface area contributed by atoms with Crippen LogP contribution in [-0.2, 0) is 12.8 Å². The standard InChI is InChI=1S/C22H28N2O.H2S/c1-15-10-19(11-16(2)23-15)12-18-6-8-24(14-18)17(3)21-5-4-20-7-9-25-22(20)13-21;/h4-5,10-11,13,17-18H,6-9,12,14H2,1-3H3;1H2/t17?,18-;/m1./s1. The van der Waals surface area contributed by atoms with E-state index < -0.39 is 0 Å². The van der Waals surface area contributed by atoms with Crippen LogP contribution in [0.5, 0.6) is 5.75 Å². The van der Waals surface area contributed by atoms with Crippen LogP contribution < -0.4 is 4.74 Å². The fourth-order valence-electron chi connectivity index (χ4n) is 4.41. The maximum absolute atomic E-state index is 5.75. The quantitative estimate of drug-likeness (QED) is 0.799. The highest BCUT2D eigenvalue weighted by molar-refractivity contribution is 7.59. The normalized spacial score (nSPS) is 20.3. The molecule has 2 aliphatic rings. The van der Waals surface area contributed by atoms with Crippen LogP contribution in [0.1, 0.15) is 47.5 Å². The van der Waals surface area contributed by atoms with Gasteiger partial charge in [-0.3, -0.25) is 9.88 Å². The summed E-state index contributed by atoms with van der Waals surface area (Å²) >= 11 is 0. The molecule has 0 spiro atoms. The van der Waals surface area contributed by atoms with E-state index >= 15 is 0 Å². The fourth-order valence-corrected chi connectivity index (χ4v) is 4.41. The molecule has 4 heteroatoms. The van der Waals surface area contributed by atoms with E-state index in [1.54, 1.807) is 0 Å². The van der Waals surface area contributed by atoms with Crippen molar-refractivity contribution < 1.29 is 4.74 Å². The smallest absolute Gasteiger partial charge is 0.122 e. The monoisotopic (exact) mass is 370 g/mol. The summed E-state index contributed by atoms with van der Waals surface area (Å²) < 4.78 is 5.75. The van der Waals surface area contributed by atoms with Crippen LogP contribution in [0.15, 0.2) is 30.3 Å². The van der Waals surface area contributed by atoms with Crippen LogP contribution in [0.4, 0.5) is 0 Å². The lowest BCUT2D eigenvalue weighted by molar-refractivity contribution is 0.252. The average Bonchev–Trinajstić information content (AvgIpc) is 3.21. The van der Waals surface area contributed by atoms with E-state index in [4.69, 9.17) is 4.74 Å². The lowest BCUT2D eigenvalue weighted by Gasteiger charge is -2.25. The fraction of sp³-hybridized carbons (Fsp3) is 0.500. The van der Waals surface area contributed by atoms with Crippen LogP contribution in [0.3, 0.4) is 0 Å². The summed E-state index contributed by atoms with van der Waals surface area (Å²) in [4.78, 5) is 7.13. The summed E-state index contributed by atoms with van der Waals surface area (Å²) in [5.41, 5.74) is 6.46. The Morgan fingerprint density at radius 3 is 2.73 bits per heavy atom. The molecule has 3 heterocycles. The van der Waals surface area contributed by atoms with Crippen molar-refractivity contribution in [1.82, 2.24) is 9.88 Å². The van der Waals surface area contributed by atoms with E-state index in [1.807, 2.05) is 0 Å². The number of pyridine rings is 1. The van der Waals surface area contributed by atoms with Gasteiger partial charge in [-0.05, 0) is 81.0 Å². The minimum Gasteiger partial charge on any atom is -0.493 e. The van der Waals surface area contributed by atoms with Crippen LogP contribution in [0.25, 0.3) is 0 Å². The number of rotatable bonds is 4. The number of hydrogen-bond donors (Lipinski definition) is 0. The third kappa shape index (κ3) is 4.07. The number of hydrogen-bond acceptors (Lipinski definition) is 3. The number of nitrogens with zero attached hydrogens (tertiary/aromatic N) is 2. The molecule has 1 fully saturated rings. The molecule has 26 heavy (non-hydrogen) atoms. The molecule has 1 aromatic heterocycles. The Bertz CT molecular complexity index is 756. The van der Waals surface area contributed by atoms with Crippen molar-refractivity contribution in [2.24, 2.45) is 5.92 Å². The first-order chi connectivity index (χ1) is 12.1. The molecule has 0 N–H and O–H groups in total. The molecule has 2 aromatic rings. The van der Waals surface area contributed by atoms with E-state index in [9.17, 15) is 0 Å². The predicted molar refractivity (Wildman–Crippen MR) is 112 cm³/mol. The molecule has 0 aliphatic carbocycles. The van der Waals surface area contributed by atoms with Gasteiger partial charge in [-0.2, -0.15) is 13.5 Å². The maximum Gasteiger partial charge on any atom is 0.122 e. The van der Waals surface area contributed by atoms with Crippen molar-refractivity contribution in [3.8, 4) is 5.75 Å². The highest BCUT2D eigenvalue weighted by atomic mass is 32.1. The molecule has 4 rings (SSSR count). The molecule has 0 saturated carbocycles. The van der Waals surface area contributed by atoms with Gasteiger partial charge in [0.25, 0.3) is 0 Å². The lowest BCUT2D eigenvalue weighted by atomic mass is 9.98. The van der Waals surface area contributed by atoms with E-state index in [0.717, 1.165) is 36.1 Å². The van der Waals surface area contributed by atoms with Crippen molar-refractivity contribution in [3.05, 3.63) is 58.4 Å². The number of likely N-dealkylation sites (tertiary alicyclic amines) is 1. The van der Waals surface area contributed by atoms with Gasteiger partial charge in [0.05, 0.1) is 6.61 Å². The van der Waals surface area contributed by atoms with E-state index in [2.05, 4.69) is 61.0 Å². The van der Waals surface area contributed by atoms with Crippen LogP contribution in [-0.4, -0.2) is 29.6 Å². The van der Waals surface area contributed by atoms with E-state index in [1.165, 1.54) is 42.6 Å². The molecule has 1 unspecified atom stereocenters. The zero-order chi connectivity index (χ0) is 17.4. The molecule has 2 aliphatic heterocycles. The number of fused-ring (bicyclic) bond motifs is 1. The molecule has 140 valence electrons. The number of aromatic nitrogens is 1. The summed E-state index contributed by atoms with van der Waals surface area (Å²) in [5, 5.41) is 0. The van der Waals surface area contributed by atoms with Gasteiger partial charge in [-0.1, -0.05) is 12.1 Å². The molecule has 0 radical (unpaired) electrons. The molecule has 0 amide bonds. The second-order valence-corrected chi connectivity index (χ2v) is 7.75. The highest BCUT2D eigenvalue weighted by Gasteiger charge is 2.27. The Morgan fingerprint density at radius 2 is 1.96 bits per heavy atom. The Kier molecular flexibility index (Phi) is 5.93. The third-order valence-corrected chi connectivity index (χ3v) is 5.73. The lowest BCUT2D eigenvalue weighted by Crippen LogP contribution is -2.25. The topological polar surface area (TPSA) is 25.4 Å². The Labute approximate surface area is 164 Å². The van der Waals surface area contributed by atoms with Gasteiger partial charge >= 0.3 is 0 Å². The Morgan fingerprint density at radius 1 is 1.19 bits per heavy atom. The number of benzene rings is 1. The molecule has 1 aromatic carbocycles. The van der Waals surface area contributed by atoms with Gasteiger partial charge in [-0.25, -0.2) is 0 Å². The first-order valence-electron chi connectivity index (χ1n) is 9.52. The summed E-state index contributed by atoms with van der Waals surface area (Å²) in [6.45, 7) is 9.72. The Balaban J connectivity index is 0.00000196. The molecule has 0 bridgehead atoms. The third-order valence-electron chi connectivity index (χ3n) is 5.73. The van der Waals surface area contributed by atoms with Gasteiger partial charge in [0.1, 0.15) is 5.75 Å². The first kappa shape index (κ1) is 19.2. The highest BCUT2D eigenvalue weighted by Crippen LogP contribution is 2.33. The van der Waals surface area contributed by atoms with Crippen molar-refractivity contribution >= 4 is 13.5 Å². The molecule has 3 nitrogen and oxygen atoms in total.